The van der Waals surface area contributed by atoms with Crippen LogP contribution in [0.3, 0.4) is 0 Å². The summed E-state index contributed by atoms with van der Waals surface area (Å²) < 4.78 is 5.70. The quantitative estimate of drug-likeness (QED) is 0.320. The summed E-state index contributed by atoms with van der Waals surface area (Å²) in [5.74, 6) is -1.74. The number of amides is 2. The van der Waals surface area contributed by atoms with Crippen molar-refractivity contribution in [1.29, 1.82) is 0 Å². The molecule has 2 amide bonds. The number of ether oxygens (including phenoxy) is 1. The van der Waals surface area contributed by atoms with Crippen molar-refractivity contribution in [3.8, 4) is 0 Å². The number of hydrogen-bond donors (Lipinski definition) is 1. The number of halogens is 2. The van der Waals surface area contributed by atoms with E-state index in [1.807, 2.05) is 12.1 Å². The maximum absolute atomic E-state index is 13.4. The van der Waals surface area contributed by atoms with Crippen molar-refractivity contribution in [2.75, 3.05) is 13.2 Å². The van der Waals surface area contributed by atoms with E-state index in [4.69, 9.17) is 40.2 Å². The van der Waals surface area contributed by atoms with E-state index >= 15 is 0 Å². The zero-order chi connectivity index (χ0) is 23.9. The van der Waals surface area contributed by atoms with Gasteiger partial charge in [0.1, 0.15) is 6.54 Å². The smallest absolute Gasteiger partial charge is 0.326 e. The first kappa shape index (κ1) is 23.0. The molecule has 2 saturated carbocycles. The molecule has 7 unspecified atom stereocenters. The number of carbonyl (C=O) groups excluding carboxylic acids is 3. The summed E-state index contributed by atoms with van der Waals surface area (Å²) in [5, 5.41) is 2.16. The molecule has 1 N–H and O–H groups in total. The number of nitrogens with zero attached hydrogens (tertiary/aromatic N) is 1. The number of aromatic nitrogens is 1. The minimum Gasteiger partial charge on any atom is -0.465 e. The van der Waals surface area contributed by atoms with Crippen LogP contribution in [-0.2, 0) is 19.1 Å². The third-order valence-corrected chi connectivity index (χ3v) is 11.5. The number of benzene rings is 1. The van der Waals surface area contributed by atoms with Crippen LogP contribution in [0.15, 0.2) is 23.2 Å². The number of thiazole rings is 1. The predicted octanol–water partition coefficient (Wildman–Crippen LogP) is 5.15. The maximum Gasteiger partial charge on any atom is 0.326 e. The van der Waals surface area contributed by atoms with E-state index in [1.54, 1.807) is 24.8 Å². The number of carbonyl (C=O) groups is 3. The lowest BCUT2D eigenvalue weighted by atomic mass is 9.68. The number of thioether (sulfide) groups is 1. The summed E-state index contributed by atoms with van der Waals surface area (Å²) >= 11 is 21.9. The Labute approximate surface area is 219 Å². The van der Waals surface area contributed by atoms with E-state index in [1.165, 1.54) is 11.3 Å². The van der Waals surface area contributed by atoms with E-state index in [-0.39, 0.29) is 59.8 Å². The van der Waals surface area contributed by atoms with Crippen molar-refractivity contribution in [2.45, 2.75) is 29.5 Å². The van der Waals surface area contributed by atoms with Crippen LogP contribution in [0.25, 0.3) is 0 Å². The van der Waals surface area contributed by atoms with Crippen molar-refractivity contribution in [2.24, 2.45) is 29.6 Å². The van der Waals surface area contributed by atoms with Gasteiger partial charge in [0.25, 0.3) is 0 Å². The predicted molar refractivity (Wildman–Crippen MR) is 133 cm³/mol. The van der Waals surface area contributed by atoms with Crippen LogP contribution in [0.1, 0.15) is 29.7 Å². The van der Waals surface area contributed by atoms with Gasteiger partial charge in [0, 0.05) is 16.0 Å². The number of aromatic amines is 1. The van der Waals surface area contributed by atoms with E-state index in [9.17, 15) is 14.4 Å². The zero-order valence-electron chi connectivity index (χ0n) is 18.0. The number of rotatable bonds is 4. The van der Waals surface area contributed by atoms with Gasteiger partial charge in [-0.05, 0) is 54.9 Å². The van der Waals surface area contributed by atoms with Gasteiger partial charge in [0.2, 0.25) is 11.8 Å². The van der Waals surface area contributed by atoms with Crippen LogP contribution in [-0.4, -0.2) is 46.1 Å². The van der Waals surface area contributed by atoms with E-state index in [0.717, 1.165) is 26.8 Å². The van der Waals surface area contributed by atoms with Crippen molar-refractivity contribution in [1.82, 2.24) is 9.88 Å². The monoisotopic (exact) mass is 554 g/mol. The van der Waals surface area contributed by atoms with Crippen LogP contribution in [0.2, 0.25) is 10.0 Å². The summed E-state index contributed by atoms with van der Waals surface area (Å²) in [6.07, 6.45) is 0.812. The molecule has 3 fully saturated rings. The summed E-state index contributed by atoms with van der Waals surface area (Å²) in [6, 6.07) is 5.66. The highest BCUT2D eigenvalue weighted by Crippen LogP contribution is 2.69. The van der Waals surface area contributed by atoms with E-state index in [0.29, 0.717) is 14.0 Å². The minimum absolute atomic E-state index is 0.0139. The fourth-order valence-corrected chi connectivity index (χ4v) is 10.4. The molecular weight excluding hydrogens is 535 g/mol. The second kappa shape index (κ2) is 8.34. The number of imide groups is 1. The van der Waals surface area contributed by atoms with Gasteiger partial charge in [-0.25, -0.2) is 0 Å². The molecule has 3 heterocycles. The second-order valence-electron chi connectivity index (χ2n) is 9.17. The number of esters is 1. The summed E-state index contributed by atoms with van der Waals surface area (Å²) in [6.45, 7) is 1.59. The van der Waals surface area contributed by atoms with Crippen LogP contribution in [0.4, 0.5) is 0 Å². The van der Waals surface area contributed by atoms with Gasteiger partial charge in [-0.1, -0.05) is 35.3 Å². The van der Waals surface area contributed by atoms with Crippen LogP contribution < -0.4 is 0 Å². The molecule has 0 spiro atoms. The Bertz CT molecular complexity index is 1290. The average Bonchev–Trinajstić information content (AvgIpc) is 3.52. The lowest BCUT2D eigenvalue weighted by Crippen LogP contribution is -2.42. The van der Waals surface area contributed by atoms with Crippen molar-refractivity contribution >= 4 is 76.3 Å². The largest absolute Gasteiger partial charge is 0.465 e. The molecule has 7 atom stereocenters. The number of H-pyrrole nitrogens is 1. The maximum atomic E-state index is 13.4. The van der Waals surface area contributed by atoms with Crippen LogP contribution in [0, 0.1) is 33.5 Å². The molecule has 34 heavy (non-hydrogen) atoms. The Morgan fingerprint density at radius 2 is 1.97 bits per heavy atom. The SMILES string of the molecule is CCOC(=O)CN1C(=O)C2C3CC(C2C1=O)C1C(c2cccc(Cl)c2Cl)c2sc(=S)[nH]c2SC31. The number of likely N-dealkylation sites (tertiary alicyclic amines) is 1. The van der Waals surface area contributed by atoms with Gasteiger partial charge in [0.15, 0.2) is 3.95 Å². The van der Waals surface area contributed by atoms with E-state index in [2.05, 4.69) is 4.98 Å². The molecule has 6 nitrogen and oxygen atoms in total. The Hall–Kier alpha value is -1.39. The fraction of sp³-hybridized carbons (Fsp3) is 0.478. The molecule has 0 radical (unpaired) electrons. The average molecular weight is 556 g/mol. The highest BCUT2D eigenvalue weighted by molar-refractivity contribution is 8.00. The molecule has 178 valence electrons. The third-order valence-electron chi connectivity index (χ3n) is 7.72. The Morgan fingerprint density at radius 3 is 2.71 bits per heavy atom. The van der Waals surface area contributed by atoms with Gasteiger partial charge in [-0.15, -0.1) is 23.1 Å². The lowest BCUT2D eigenvalue weighted by molar-refractivity contribution is -0.153. The number of fused-ring (bicyclic) bond motifs is 9. The normalized spacial score (nSPS) is 33.1. The molecular formula is C23H20Cl2N2O4S3. The standard InChI is InChI=1S/C23H20Cl2N2O4S3/c1-2-31-12(28)7-27-21(29)15-9-6-10(16(15)22(27)30)18-14(9)13(8-4-3-5-11(24)17(8)25)19-20(33-18)26-23(32)34-19/h3-5,9-10,13-16,18H,2,6-7H2,1H3,(H,26,32). The molecule has 2 aliphatic carbocycles. The Balaban J connectivity index is 1.42. The first-order chi connectivity index (χ1) is 16.3. The molecule has 2 aliphatic heterocycles. The Morgan fingerprint density at radius 1 is 1.24 bits per heavy atom. The van der Waals surface area contributed by atoms with Crippen molar-refractivity contribution in [3.63, 3.8) is 0 Å². The van der Waals surface area contributed by atoms with Gasteiger partial charge < -0.3 is 9.72 Å². The van der Waals surface area contributed by atoms with Crippen LogP contribution in [0.5, 0.6) is 0 Å². The number of hydrogen-bond acceptors (Lipinski definition) is 7. The van der Waals surface area contributed by atoms with Crippen LogP contribution >= 0.6 is 58.5 Å². The lowest BCUT2D eigenvalue weighted by Gasteiger charge is -2.43. The summed E-state index contributed by atoms with van der Waals surface area (Å²) in [5.41, 5.74) is 0.931. The van der Waals surface area contributed by atoms with E-state index < -0.39 is 11.9 Å². The minimum atomic E-state index is -0.554. The third kappa shape index (κ3) is 3.20. The second-order valence-corrected chi connectivity index (χ2v) is 12.9. The molecule has 4 aliphatic rings. The zero-order valence-corrected chi connectivity index (χ0v) is 21.9. The van der Waals surface area contributed by atoms with Gasteiger partial charge >= 0.3 is 5.97 Å². The number of nitrogens with one attached hydrogen (secondary N) is 1. The molecule has 1 saturated heterocycles. The highest BCUT2D eigenvalue weighted by Gasteiger charge is 2.69. The summed E-state index contributed by atoms with van der Waals surface area (Å²) in [7, 11) is 0. The first-order valence-corrected chi connectivity index (χ1v) is 14.0. The Kier molecular flexibility index (Phi) is 5.65. The molecule has 2 bridgehead atoms. The van der Waals surface area contributed by atoms with Gasteiger partial charge in [-0.3, -0.25) is 19.3 Å². The molecule has 6 rings (SSSR count). The molecule has 1 aromatic carbocycles. The summed E-state index contributed by atoms with van der Waals surface area (Å²) in [4.78, 5) is 44.4. The fourth-order valence-electron chi connectivity index (χ4n) is 6.68. The first-order valence-electron chi connectivity index (χ1n) is 11.2. The molecule has 1 aromatic heterocycles. The van der Waals surface area contributed by atoms with Gasteiger partial charge in [0.05, 0.1) is 33.5 Å². The van der Waals surface area contributed by atoms with Gasteiger partial charge in [-0.2, -0.15) is 0 Å². The van der Waals surface area contributed by atoms with Crippen molar-refractivity contribution < 1.29 is 19.1 Å². The topological polar surface area (TPSA) is 79.5 Å². The highest BCUT2D eigenvalue weighted by atomic mass is 35.5. The molecule has 11 heteroatoms. The van der Waals surface area contributed by atoms with Crippen molar-refractivity contribution in [3.05, 3.63) is 42.6 Å². The molecule has 2 aromatic rings.